The fourth-order valence-electron chi connectivity index (χ4n) is 3.81. The Morgan fingerprint density at radius 1 is 1.27 bits per heavy atom. The Balaban J connectivity index is 1.74. The highest BCUT2D eigenvalue weighted by atomic mass is 35.5. The molecule has 2 aromatic heterocycles. The average molecular weight is 515 g/mol. The van der Waals surface area contributed by atoms with E-state index in [1.54, 1.807) is 13.4 Å². The van der Waals surface area contributed by atoms with Gasteiger partial charge >= 0.3 is 0 Å². The van der Waals surface area contributed by atoms with Crippen LogP contribution in [0.4, 0.5) is 10.1 Å². The van der Waals surface area contributed by atoms with Crippen LogP contribution in [-0.2, 0) is 21.4 Å². The average Bonchev–Trinajstić information content (AvgIpc) is 3.39. The van der Waals surface area contributed by atoms with Gasteiger partial charge in [0.25, 0.3) is 10.0 Å². The second-order valence-corrected chi connectivity index (χ2v) is 10.2. The van der Waals surface area contributed by atoms with Crippen LogP contribution in [0.25, 0.3) is 11.5 Å². The van der Waals surface area contributed by atoms with Gasteiger partial charge in [-0.2, -0.15) is 0 Å². The maximum Gasteiger partial charge on any atom is 0.261 e. The Morgan fingerprint density at radius 2 is 2.06 bits per heavy atom. The van der Waals surface area contributed by atoms with Gasteiger partial charge < -0.3 is 14.2 Å². The van der Waals surface area contributed by atoms with E-state index in [0.29, 0.717) is 12.4 Å². The smallest absolute Gasteiger partial charge is 0.261 e. The van der Waals surface area contributed by atoms with Gasteiger partial charge in [0, 0.05) is 37.0 Å². The fourth-order valence-corrected chi connectivity index (χ4v) is 5.25. The Bertz CT molecular complexity index is 1270. The van der Waals surface area contributed by atoms with Crippen LogP contribution in [-0.4, -0.2) is 66.4 Å². The first-order valence-corrected chi connectivity index (χ1v) is 12.1. The van der Waals surface area contributed by atoms with Crippen molar-refractivity contribution in [2.24, 2.45) is 0 Å². The van der Waals surface area contributed by atoms with Crippen LogP contribution in [0.15, 0.2) is 41.7 Å². The Hall–Kier alpha value is -2.31. The van der Waals surface area contributed by atoms with Gasteiger partial charge in [-0.3, -0.25) is 4.72 Å². The van der Waals surface area contributed by atoms with E-state index in [0.717, 1.165) is 6.54 Å². The van der Waals surface area contributed by atoms with Crippen molar-refractivity contribution in [3.8, 4) is 11.5 Å². The van der Waals surface area contributed by atoms with Crippen molar-refractivity contribution in [2.75, 3.05) is 32.0 Å². The number of benzene rings is 1. The van der Waals surface area contributed by atoms with E-state index < -0.39 is 16.7 Å². The van der Waals surface area contributed by atoms with E-state index in [1.165, 1.54) is 30.5 Å². The van der Waals surface area contributed by atoms with Gasteiger partial charge in [0.15, 0.2) is 5.82 Å². The summed E-state index contributed by atoms with van der Waals surface area (Å²) in [5, 5.41) is 8.57. The second kappa shape index (κ2) is 9.51. The molecule has 0 spiro atoms. The molecule has 0 aliphatic carbocycles. The Morgan fingerprint density at radius 3 is 2.79 bits per heavy atom. The van der Waals surface area contributed by atoms with E-state index >= 15 is 0 Å². The third-order valence-corrected chi connectivity index (χ3v) is 7.37. The lowest BCUT2D eigenvalue weighted by atomic mass is 10.2. The molecule has 2 atom stereocenters. The molecule has 1 aliphatic heterocycles. The van der Waals surface area contributed by atoms with Crippen molar-refractivity contribution < 1.29 is 17.5 Å². The van der Waals surface area contributed by atoms with Gasteiger partial charge in [-0.15, -0.1) is 10.2 Å². The topological polar surface area (TPSA) is 102 Å². The zero-order valence-electron chi connectivity index (χ0n) is 17.7. The summed E-state index contributed by atoms with van der Waals surface area (Å²) in [5.74, 6) is 0.354. The number of likely N-dealkylation sites (N-methyl/N-ethyl adjacent to an activating group) is 1. The number of ether oxygens (including phenoxy) is 1. The summed E-state index contributed by atoms with van der Waals surface area (Å²) in [5.41, 5.74) is 0.415. The third-order valence-electron chi connectivity index (χ3n) is 5.43. The summed E-state index contributed by atoms with van der Waals surface area (Å²) in [6, 6.07) is 5.14. The monoisotopic (exact) mass is 514 g/mol. The lowest BCUT2D eigenvalue weighted by molar-refractivity contribution is 0.0831. The van der Waals surface area contributed by atoms with E-state index in [-0.39, 0.29) is 44.0 Å². The molecule has 9 nitrogen and oxygen atoms in total. The Kier molecular flexibility index (Phi) is 6.87. The largest absolute Gasteiger partial charge is 0.378 e. The van der Waals surface area contributed by atoms with Crippen molar-refractivity contribution in [1.29, 1.82) is 0 Å². The number of hydrogen-bond acceptors (Lipinski definition) is 7. The van der Waals surface area contributed by atoms with Crippen LogP contribution < -0.4 is 4.72 Å². The van der Waals surface area contributed by atoms with Crippen molar-refractivity contribution in [2.45, 2.75) is 23.7 Å². The Labute approximate surface area is 200 Å². The number of likely N-dealkylation sites (tertiary alicyclic amines) is 1. The van der Waals surface area contributed by atoms with E-state index in [9.17, 15) is 12.8 Å². The number of hydrogen-bond donors (Lipinski definition) is 1. The summed E-state index contributed by atoms with van der Waals surface area (Å²) in [6.45, 7) is 0.514. The predicted octanol–water partition coefficient (Wildman–Crippen LogP) is 3.42. The molecule has 3 heterocycles. The molecule has 33 heavy (non-hydrogen) atoms. The van der Waals surface area contributed by atoms with Gasteiger partial charge in [0.1, 0.15) is 18.7 Å². The zero-order chi connectivity index (χ0) is 23.8. The molecule has 0 amide bonds. The zero-order valence-corrected chi connectivity index (χ0v) is 20.1. The van der Waals surface area contributed by atoms with E-state index in [2.05, 4.69) is 24.8 Å². The fraction of sp³-hybridized carbons (Fsp3) is 0.350. The normalized spacial score (nSPS) is 19.2. The molecule has 1 unspecified atom stereocenters. The third kappa shape index (κ3) is 4.82. The van der Waals surface area contributed by atoms with E-state index in [1.807, 2.05) is 11.6 Å². The molecule has 13 heteroatoms. The molecular formula is C20H21Cl2FN6O3S. The van der Waals surface area contributed by atoms with Gasteiger partial charge in [0.05, 0.1) is 27.8 Å². The summed E-state index contributed by atoms with van der Waals surface area (Å²) in [6.07, 6.45) is 2.85. The molecule has 1 aromatic carbocycles. The van der Waals surface area contributed by atoms with Gasteiger partial charge in [-0.25, -0.2) is 17.8 Å². The number of aromatic nitrogens is 4. The van der Waals surface area contributed by atoms with Gasteiger partial charge in [-0.1, -0.05) is 23.2 Å². The van der Waals surface area contributed by atoms with Crippen LogP contribution in [0.2, 0.25) is 10.0 Å². The minimum Gasteiger partial charge on any atom is -0.378 e. The molecule has 1 fully saturated rings. The first kappa shape index (κ1) is 23.8. The first-order chi connectivity index (χ1) is 15.7. The summed E-state index contributed by atoms with van der Waals surface area (Å²) in [4.78, 5) is 6.30. The molecule has 0 radical (unpaired) electrons. The quantitative estimate of drug-likeness (QED) is 0.515. The predicted molar refractivity (Wildman–Crippen MR) is 123 cm³/mol. The number of nitrogens with zero attached hydrogens (tertiary/aromatic N) is 5. The van der Waals surface area contributed by atoms with Crippen LogP contribution in [0, 0.1) is 0 Å². The highest BCUT2D eigenvalue weighted by molar-refractivity contribution is 7.92. The minimum atomic E-state index is -4.11. The summed E-state index contributed by atoms with van der Waals surface area (Å²) in [7, 11) is -0.496. The highest BCUT2D eigenvalue weighted by Crippen LogP contribution is 2.33. The summed E-state index contributed by atoms with van der Waals surface area (Å²) < 4.78 is 49.3. The number of methoxy groups -OCH3 is 1. The standard InChI is InChI=1S/C20H21Cl2FN6O3S/c1-28-9-17(18(10-28)32-2)29-11-25-26-20(29)19-16(6-13(21)8-24-19)27-33(30,31)14-3-4-15(22)12(5-14)7-23/h3-6,8,11,17-18,27H,7,9-10H2,1-2H3/t17-,18?/m0/s1. The molecule has 1 N–H and O–H groups in total. The van der Waals surface area contributed by atoms with Gasteiger partial charge in [-0.05, 0) is 31.3 Å². The molecule has 3 aromatic rings. The van der Waals surface area contributed by atoms with Crippen molar-refractivity contribution >= 4 is 38.9 Å². The number of sulfonamides is 1. The number of nitrogens with one attached hydrogen (secondary N) is 1. The minimum absolute atomic E-state index is 0.0692. The van der Waals surface area contributed by atoms with Crippen molar-refractivity contribution in [3.05, 3.63) is 52.4 Å². The molecule has 4 rings (SSSR count). The van der Waals surface area contributed by atoms with Crippen molar-refractivity contribution in [1.82, 2.24) is 24.6 Å². The van der Waals surface area contributed by atoms with Crippen LogP contribution in [0.5, 0.6) is 0 Å². The number of alkyl halides is 1. The molecule has 176 valence electrons. The number of anilines is 1. The lowest BCUT2D eigenvalue weighted by Crippen LogP contribution is -2.25. The molecule has 1 aliphatic rings. The number of rotatable bonds is 7. The maximum atomic E-state index is 13.2. The van der Waals surface area contributed by atoms with Gasteiger partial charge in [0.2, 0.25) is 0 Å². The van der Waals surface area contributed by atoms with Crippen LogP contribution in [0.1, 0.15) is 11.6 Å². The molecule has 0 bridgehead atoms. The summed E-state index contributed by atoms with van der Waals surface area (Å²) >= 11 is 12.0. The lowest BCUT2D eigenvalue weighted by Gasteiger charge is -2.20. The van der Waals surface area contributed by atoms with Crippen LogP contribution in [0.3, 0.4) is 0 Å². The molecular weight excluding hydrogens is 494 g/mol. The van der Waals surface area contributed by atoms with E-state index in [4.69, 9.17) is 27.9 Å². The van der Waals surface area contributed by atoms with Crippen LogP contribution >= 0.6 is 23.2 Å². The second-order valence-electron chi connectivity index (χ2n) is 7.67. The number of halogens is 3. The number of pyridine rings is 1. The van der Waals surface area contributed by atoms with Crippen molar-refractivity contribution in [3.63, 3.8) is 0 Å². The highest BCUT2D eigenvalue weighted by Gasteiger charge is 2.34. The first-order valence-electron chi connectivity index (χ1n) is 9.87. The SMILES string of the molecule is COC1CN(C)C[C@@H]1n1cnnc1-c1ncc(Cl)cc1NS(=O)(=O)c1ccc(Cl)c(CF)c1. The molecule has 0 saturated carbocycles. The maximum absolute atomic E-state index is 13.2. The molecule has 1 saturated heterocycles.